The molecule has 3 N–H and O–H groups in total. The van der Waals surface area contributed by atoms with E-state index in [1.165, 1.54) is 283 Å². The van der Waals surface area contributed by atoms with Crippen molar-refractivity contribution in [3.8, 4) is 0 Å². The summed E-state index contributed by atoms with van der Waals surface area (Å²) in [6.45, 7) is 4.90. The Bertz CT molecular complexity index is 1110. The van der Waals surface area contributed by atoms with Crippen molar-refractivity contribution in [3.05, 3.63) is 24.3 Å². The quantitative estimate of drug-likeness (QED) is 0.0320. The van der Waals surface area contributed by atoms with Crippen molar-refractivity contribution in [2.24, 2.45) is 0 Å². The molecule has 0 aliphatic rings. The third-order valence-corrected chi connectivity index (χ3v) is 15.0. The predicted octanol–water partition coefficient (Wildman–Crippen LogP) is 20.2. The lowest BCUT2D eigenvalue weighted by Gasteiger charge is -2.20. The van der Waals surface area contributed by atoms with E-state index in [1.54, 1.807) is 6.08 Å². The molecule has 0 aliphatic carbocycles. The Hall–Kier alpha value is -1.66. The van der Waals surface area contributed by atoms with Crippen LogP contribution in [0.15, 0.2) is 24.3 Å². The number of hydrogen-bond acceptors (Lipinski definition) is 5. The van der Waals surface area contributed by atoms with Crippen LogP contribution in [-0.2, 0) is 14.3 Å². The lowest BCUT2D eigenvalue weighted by molar-refractivity contribution is -0.143. The van der Waals surface area contributed by atoms with Gasteiger partial charge in [0.1, 0.15) is 0 Å². The van der Waals surface area contributed by atoms with Gasteiger partial charge in [0, 0.05) is 12.8 Å². The molecule has 0 spiro atoms. The zero-order chi connectivity index (χ0) is 51.4. The van der Waals surface area contributed by atoms with Crippen LogP contribution >= 0.6 is 0 Å². The summed E-state index contributed by atoms with van der Waals surface area (Å²) >= 11 is 0. The molecule has 71 heavy (non-hydrogen) atoms. The number of ether oxygens (including phenoxy) is 1. The van der Waals surface area contributed by atoms with E-state index < -0.39 is 12.1 Å². The Morgan fingerprint density at radius 2 is 0.662 bits per heavy atom. The van der Waals surface area contributed by atoms with Crippen LogP contribution in [0.4, 0.5) is 0 Å². The van der Waals surface area contributed by atoms with Crippen LogP contribution in [0.2, 0.25) is 0 Å². The number of amides is 1. The van der Waals surface area contributed by atoms with Gasteiger partial charge in [-0.25, -0.2) is 0 Å². The average Bonchev–Trinajstić information content (AvgIpc) is 3.37. The van der Waals surface area contributed by atoms with E-state index >= 15 is 0 Å². The second-order valence-electron chi connectivity index (χ2n) is 22.1. The van der Waals surface area contributed by atoms with Crippen LogP contribution in [-0.4, -0.2) is 47.4 Å². The maximum Gasteiger partial charge on any atom is 0.305 e. The van der Waals surface area contributed by atoms with Gasteiger partial charge in [0.2, 0.25) is 5.91 Å². The van der Waals surface area contributed by atoms with E-state index in [-0.39, 0.29) is 18.5 Å². The minimum absolute atomic E-state index is 0.00702. The Labute approximate surface area is 443 Å². The molecule has 1 amide bonds. The van der Waals surface area contributed by atoms with Crippen LogP contribution in [0, 0.1) is 0 Å². The number of hydrogen-bond donors (Lipinski definition) is 3. The van der Waals surface area contributed by atoms with Crippen LogP contribution in [0.25, 0.3) is 0 Å². The Kier molecular flexibility index (Phi) is 59.5. The summed E-state index contributed by atoms with van der Waals surface area (Å²) in [7, 11) is 0. The second kappa shape index (κ2) is 60.9. The largest absolute Gasteiger partial charge is 0.466 e. The molecule has 0 heterocycles. The number of aliphatic hydroxyl groups excluding tert-OH is 2. The highest BCUT2D eigenvalue weighted by molar-refractivity contribution is 5.76. The third kappa shape index (κ3) is 57.5. The van der Waals surface area contributed by atoms with Crippen molar-refractivity contribution in [2.75, 3.05) is 13.2 Å². The van der Waals surface area contributed by atoms with E-state index in [4.69, 9.17) is 4.74 Å². The lowest BCUT2D eigenvalue weighted by atomic mass is 10.0. The molecule has 0 saturated heterocycles. The summed E-state index contributed by atoms with van der Waals surface area (Å²) in [4.78, 5) is 24.5. The zero-order valence-electron chi connectivity index (χ0n) is 48.0. The summed E-state index contributed by atoms with van der Waals surface area (Å²) in [6, 6.07) is -0.626. The van der Waals surface area contributed by atoms with Crippen LogP contribution < -0.4 is 5.32 Å². The summed E-state index contributed by atoms with van der Waals surface area (Å²) < 4.78 is 5.47. The van der Waals surface area contributed by atoms with Gasteiger partial charge < -0.3 is 20.3 Å². The molecule has 6 heteroatoms. The van der Waals surface area contributed by atoms with Crippen molar-refractivity contribution in [1.82, 2.24) is 5.32 Å². The molecular formula is C65H125NO5. The van der Waals surface area contributed by atoms with Gasteiger partial charge in [0.25, 0.3) is 0 Å². The van der Waals surface area contributed by atoms with Gasteiger partial charge in [0.05, 0.1) is 25.4 Å². The molecule has 0 bridgehead atoms. The molecule has 0 aromatic carbocycles. The Balaban J connectivity index is 3.38. The molecule has 0 radical (unpaired) electrons. The van der Waals surface area contributed by atoms with Gasteiger partial charge in [-0.15, -0.1) is 0 Å². The fourth-order valence-corrected chi connectivity index (χ4v) is 10.0. The number of allylic oxidation sites excluding steroid dienone is 3. The fourth-order valence-electron chi connectivity index (χ4n) is 10.0. The van der Waals surface area contributed by atoms with E-state index in [0.29, 0.717) is 19.4 Å². The van der Waals surface area contributed by atoms with Crippen molar-refractivity contribution in [2.45, 2.75) is 366 Å². The first-order chi connectivity index (χ1) is 35.0. The second-order valence-corrected chi connectivity index (χ2v) is 22.1. The first-order valence-corrected chi connectivity index (χ1v) is 32.1. The first kappa shape index (κ1) is 69.3. The molecule has 0 saturated carbocycles. The number of nitrogens with one attached hydrogen (secondary N) is 1. The van der Waals surface area contributed by atoms with Gasteiger partial charge >= 0.3 is 5.97 Å². The molecule has 2 unspecified atom stereocenters. The standard InChI is InChI=1S/C65H125NO5/c1-3-5-7-9-11-13-15-17-18-31-34-37-41-45-49-53-57-63(68)62(61-67)66-64(69)58-54-50-46-42-38-35-32-29-27-25-23-21-19-20-22-24-26-28-30-33-36-40-44-48-52-56-60-71-65(70)59-55-51-47-43-39-16-14-12-10-8-6-4-2/h12,14,53,57,62-63,67-68H,3-11,13,15-52,54-56,58-61H2,1-2H3,(H,66,69)/b14-12-,57-53+. The van der Waals surface area contributed by atoms with Gasteiger partial charge in [-0.05, 0) is 57.8 Å². The highest BCUT2D eigenvalue weighted by atomic mass is 16.5. The number of aliphatic hydroxyl groups is 2. The van der Waals surface area contributed by atoms with Gasteiger partial charge in [-0.3, -0.25) is 9.59 Å². The van der Waals surface area contributed by atoms with Crippen LogP contribution in [0.3, 0.4) is 0 Å². The molecule has 0 rings (SSSR count). The highest BCUT2D eigenvalue weighted by Gasteiger charge is 2.18. The molecule has 0 aromatic heterocycles. The lowest BCUT2D eigenvalue weighted by Crippen LogP contribution is -2.45. The van der Waals surface area contributed by atoms with E-state index in [0.717, 1.165) is 44.9 Å². The molecule has 0 aliphatic heterocycles. The molecule has 0 aromatic rings. The van der Waals surface area contributed by atoms with Crippen molar-refractivity contribution >= 4 is 11.9 Å². The number of carbonyl (C=O) groups is 2. The van der Waals surface area contributed by atoms with E-state index in [9.17, 15) is 19.8 Å². The topological polar surface area (TPSA) is 95.9 Å². The van der Waals surface area contributed by atoms with Crippen molar-refractivity contribution in [3.63, 3.8) is 0 Å². The third-order valence-electron chi connectivity index (χ3n) is 15.0. The maximum atomic E-state index is 12.5. The molecular weight excluding hydrogens is 875 g/mol. The first-order valence-electron chi connectivity index (χ1n) is 32.1. The SMILES string of the molecule is CCCCC/C=C\CCCCCCCC(=O)OCCCCCCCCCCCCCCCCCCCCCCCCCCCCC(=O)NC(CO)C(O)/C=C/CCCCCCCCCCCCCCCC. The summed E-state index contributed by atoms with van der Waals surface area (Å²) in [5, 5.41) is 23.2. The monoisotopic (exact) mass is 1000 g/mol. The Morgan fingerprint density at radius 3 is 1.03 bits per heavy atom. The van der Waals surface area contributed by atoms with E-state index in [1.807, 2.05) is 6.08 Å². The van der Waals surface area contributed by atoms with Gasteiger partial charge in [-0.2, -0.15) is 0 Å². The fraction of sp³-hybridized carbons (Fsp3) is 0.908. The molecule has 420 valence electrons. The Morgan fingerprint density at radius 1 is 0.380 bits per heavy atom. The smallest absolute Gasteiger partial charge is 0.305 e. The molecule has 0 fully saturated rings. The number of esters is 1. The normalized spacial score (nSPS) is 12.7. The maximum absolute atomic E-state index is 12.5. The summed E-state index contributed by atoms with van der Waals surface area (Å²) in [5.74, 6) is -0.0565. The number of unbranched alkanes of at least 4 members (excludes halogenated alkanes) is 47. The van der Waals surface area contributed by atoms with Crippen molar-refractivity contribution in [1.29, 1.82) is 0 Å². The van der Waals surface area contributed by atoms with Gasteiger partial charge in [-0.1, -0.05) is 308 Å². The molecule has 2 atom stereocenters. The van der Waals surface area contributed by atoms with Crippen molar-refractivity contribution < 1.29 is 24.5 Å². The van der Waals surface area contributed by atoms with Gasteiger partial charge in [0.15, 0.2) is 0 Å². The van der Waals surface area contributed by atoms with Crippen LogP contribution in [0.5, 0.6) is 0 Å². The number of carbonyl (C=O) groups excluding carboxylic acids is 2. The zero-order valence-corrected chi connectivity index (χ0v) is 48.0. The minimum atomic E-state index is -0.842. The van der Waals surface area contributed by atoms with Crippen LogP contribution in [0.1, 0.15) is 354 Å². The highest BCUT2D eigenvalue weighted by Crippen LogP contribution is 2.18. The number of rotatable bonds is 60. The average molecular weight is 1000 g/mol. The van der Waals surface area contributed by atoms with E-state index in [2.05, 4.69) is 31.3 Å². The minimum Gasteiger partial charge on any atom is -0.466 e. The summed E-state index contributed by atoms with van der Waals surface area (Å²) in [6.07, 6.45) is 75.2. The summed E-state index contributed by atoms with van der Waals surface area (Å²) in [5.41, 5.74) is 0. The predicted molar refractivity (Wildman–Crippen MR) is 310 cm³/mol. The molecule has 6 nitrogen and oxygen atoms in total.